The van der Waals surface area contributed by atoms with E-state index in [1.807, 2.05) is 0 Å². The zero-order chi connectivity index (χ0) is 13.0. The van der Waals surface area contributed by atoms with E-state index < -0.39 is 5.97 Å². The lowest BCUT2D eigenvalue weighted by Gasteiger charge is -2.25. The number of rotatable bonds is 6. The summed E-state index contributed by atoms with van der Waals surface area (Å²) >= 11 is 0. The average molecular weight is 249 g/mol. The van der Waals surface area contributed by atoms with Crippen molar-refractivity contribution in [1.82, 2.24) is 0 Å². The molecule has 2 rings (SSSR count). The second-order valence-corrected chi connectivity index (χ2v) is 5.82. The highest BCUT2D eigenvalue weighted by molar-refractivity contribution is 6.44. The van der Waals surface area contributed by atoms with Gasteiger partial charge in [0.15, 0.2) is 5.71 Å². The van der Waals surface area contributed by atoms with Crippen molar-refractivity contribution in [1.29, 1.82) is 0 Å². The SMILES string of the molecule is CC(CCC1=CN=C1C(=O)O)CC1CCCCC1. The van der Waals surface area contributed by atoms with Crippen LogP contribution >= 0.6 is 0 Å². The molecule has 0 aromatic rings. The summed E-state index contributed by atoms with van der Waals surface area (Å²) in [5.74, 6) is 0.730. The summed E-state index contributed by atoms with van der Waals surface area (Å²) in [6, 6.07) is 0. The van der Waals surface area contributed by atoms with Crippen molar-refractivity contribution in [2.75, 3.05) is 0 Å². The zero-order valence-corrected chi connectivity index (χ0v) is 11.2. The zero-order valence-electron chi connectivity index (χ0n) is 11.2. The lowest BCUT2D eigenvalue weighted by atomic mass is 9.81. The van der Waals surface area contributed by atoms with Gasteiger partial charge in [-0.2, -0.15) is 0 Å². The van der Waals surface area contributed by atoms with Gasteiger partial charge in [0.1, 0.15) is 0 Å². The standard InChI is InChI=1S/C15H23NO2/c1-11(9-12-5-3-2-4-6-12)7-8-13-10-16-14(13)15(17)18/h10-12H,2-9H2,1H3,(H,17,18). The maximum Gasteiger partial charge on any atom is 0.354 e. The minimum absolute atomic E-state index is 0.278. The maximum absolute atomic E-state index is 10.8. The van der Waals surface area contributed by atoms with Crippen LogP contribution in [0.1, 0.15) is 58.3 Å². The van der Waals surface area contributed by atoms with E-state index in [-0.39, 0.29) is 5.71 Å². The Bertz CT molecular complexity index is 365. The number of carboxylic acid groups (broad SMARTS) is 1. The van der Waals surface area contributed by atoms with Gasteiger partial charge in [0.25, 0.3) is 0 Å². The number of aliphatic carboxylic acids is 1. The van der Waals surface area contributed by atoms with Gasteiger partial charge in [-0.1, -0.05) is 39.0 Å². The molecule has 1 unspecified atom stereocenters. The second kappa shape index (κ2) is 6.17. The minimum atomic E-state index is -0.882. The fourth-order valence-electron chi connectivity index (χ4n) is 3.11. The van der Waals surface area contributed by atoms with Gasteiger partial charge in [-0.15, -0.1) is 0 Å². The summed E-state index contributed by atoms with van der Waals surface area (Å²) in [6.45, 7) is 2.30. The van der Waals surface area contributed by atoms with Gasteiger partial charge in [0.2, 0.25) is 0 Å². The summed E-state index contributed by atoms with van der Waals surface area (Å²) in [4.78, 5) is 14.6. The molecule has 0 spiro atoms. The van der Waals surface area contributed by atoms with Crippen LogP contribution in [0.3, 0.4) is 0 Å². The third-order valence-electron chi connectivity index (χ3n) is 4.22. The predicted molar refractivity (Wildman–Crippen MR) is 72.7 cm³/mol. The molecule has 2 aliphatic rings. The molecule has 1 heterocycles. The van der Waals surface area contributed by atoms with Crippen molar-refractivity contribution in [3.63, 3.8) is 0 Å². The van der Waals surface area contributed by atoms with Crippen LogP contribution < -0.4 is 0 Å². The number of carbonyl (C=O) groups is 1. The van der Waals surface area contributed by atoms with Gasteiger partial charge in [-0.3, -0.25) is 0 Å². The molecule has 1 fully saturated rings. The van der Waals surface area contributed by atoms with E-state index >= 15 is 0 Å². The molecule has 1 saturated carbocycles. The molecule has 3 heteroatoms. The summed E-state index contributed by atoms with van der Waals surface area (Å²) in [6.07, 6.45) is 12.0. The maximum atomic E-state index is 10.8. The van der Waals surface area contributed by atoms with Gasteiger partial charge >= 0.3 is 5.97 Å². The minimum Gasteiger partial charge on any atom is -0.477 e. The van der Waals surface area contributed by atoms with Gasteiger partial charge in [-0.05, 0) is 31.1 Å². The molecule has 0 bridgehead atoms. The van der Waals surface area contributed by atoms with Gasteiger partial charge in [-0.25, -0.2) is 9.79 Å². The van der Waals surface area contributed by atoms with E-state index in [9.17, 15) is 4.79 Å². The van der Waals surface area contributed by atoms with Crippen LogP contribution in [0.5, 0.6) is 0 Å². The Kier molecular flexibility index (Phi) is 4.56. The van der Waals surface area contributed by atoms with Crippen LogP contribution in [-0.4, -0.2) is 16.8 Å². The summed E-state index contributed by atoms with van der Waals surface area (Å²) < 4.78 is 0. The molecular weight excluding hydrogens is 226 g/mol. The molecule has 1 aliphatic carbocycles. The highest BCUT2D eigenvalue weighted by atomic mass is 16.4. The van der Waals surface area contributed by atoms with Gasteiger partial charge < -0.3 is 5.11 Å². The largest absolute Gasteiger partial charge is 0.477 e. The quantitative estimate of drug-likeness (QED) is 0.778. The van der Waals surface area contributed by atoms with E-state index in [1.54, 1.807) is 6.20 Å². The summed E-state index contributed by atoms with van der Waals surface area (Å²) in [5.41, 5.74) is 1.21. The van der Waals surface area contributed by atoms with Crippen LogP contribution in [0, 0.1) is 11.8 Å². The van der Waals surface area contributed by atoms with Crippen molar-refractivity contribution < 1.29 is 9.90 Å². The third-order valence-corrected chi connectivity index (χ3v) is 4.22. The molecule has 1 N–H and O–H groups in total. The number of aliphatic imine (C=N–C) groups is 1. The lowest BCUT2D eigenvalue weighted by molar-refractivity contribution is -0.129. The van der Waals surface area contributed by atoms with Crippen molar-refractivity contribution >= 4 is 11.7 Å². The number of hydrogen-bond acceptors (Lipinski definition) is 2. The smallest absolute Gasteiger partial charge is 0.354 e. The molecule has 0 aromatic carbocycles. The van der Waals surface area contributed by atoms with Gasteiger partial charge in [0.05, 0.1) is 0 Å². The molecule has 0 aromatic heterocycles. The topological polar surface area (TPSA) is 49.7 Å². The molecule has 0 amide bonds. The van der Waals surface area contributed by atoms with E-state index in [4.69, 9.17) is 5.11 Å². The van der Waals surface area contributed by atoms with E-state index in [0.29, 0.717) is 5.92 Å². The van der Waals surface area contributed by atoms with E-state index in [2.05, 4.69) is 11.9 Å². The van der Waals surface area contributed by atoms with Crippen LogP contribution in [0.25, 0.3) is 0 Å². The molecule has 100 valence electrons. The van der Waals surface area contributed by atoms with Crippen LogP contribution in [-0.2, 0) is 4.79 Å². The molecule has 0 radical (unpaired) electrons. The highest BCUT2D eigenvalue weighted by Crippen LogP contribution is 2.31. The Morgan fingerprint density at radius 1 is 1.44 bits per heavy atom. The van der Waals surface area contributed by atoms with Crippen LogP contribution in [0.15, 0.2) is 16.8 Å². The third kappa shape index (κ3) is 3.44. The first kappa shape index (κ1) is 13.3. The first-order valence-electron chi connectivity index (χ1n) is 7.17. The monoisotopic (exact) mass is 249 g/mol. The second-order valence-electron chi connectivity index (χ2n) is 5.82. The van der Waals surface area contributed by atoms with Crippen molar-refractivity contribution in [2.24, 2.45) is 16.8 Å². The first-order valence-corrected chi connectivity index (χ1v) is 7.17. The van der Waals surface area contributed by atoms with Crippen LogP contribution in [0.4, 0.5) is 0 Å². The molecule has 3 nitrogen and oxygen atoms in total. The fraction of sp³-hybridized carbons (Fsp3) is 0.733. The Labute approximate surface area is 109 Å². The molecule has 1 atom stereocenters. The Morgan fingerprint density at radius 2 is 2.17 bits per heavy atom. The van der Waals surface area contributed by atoms with E-state index in [0.717, 1.165) is 24.3 Å². The Morgan fingerprint density at radius 3 is 2.72 bits per heavy atom. The van der Waals surface area contributed by atoms with E-state index in [1.165, 1.54) is 38.5 Å². The molecule has 18 heavy (non-hydrogen) atoms. The van der Waals surface area contributed by atoms with Crippen molar-refractivity contribution in [3.8, 4) is 0 Å². The fourth-order valence-corrected chi connectivity index (χ4v) is 3.11. The summed E-state index contributed by atoms with van der Waals surface area (Å²) in [7, 11) is 0. The number of hydrogen-bond donors (Lipinski definition) is 1. The lowest BCUT2D eigenvalue weighted by Crippen LogP contribution is -2.21. The Hall–Kier alpha value is -1.12. The van der Waals surface area contributed by atoms with Gasteiger partial charge in [0, 0.05) is 11.8 Å². The average Bonchev–Trinajstić information content (AvgIpc) is 2.28. The highest BCUT2D eigenvalue weighted by Gasteiger charge is 2.22. The van der Waals surface area contributed by atoms with Crippen LogP contribution in [0.2, 0.25) is 0 Å². The normalized spacial score (nSPS) is 21.8. The number of carboxylic acids is 1. The first-order chi connectivity index (χ1) is 8.66. The van der Waals surface area contributed by atoms with Crippen molar-refractivity contribution in [3.05, 3.63) is 11.8 Å². The van der Waals surface area contributed by atoms with Crippen molar-refractivity contribution in [2.45, 2.75) is 58.3 Å². The molecule has 0 saturated heterocycles. The molecule has 1 aliphatic heterocycles. The predicted octanol–water partition coefficient (Wildman–Crippen LogP) is 3.80. The Balaban J connectivity index is 1.66. The summed E-state index contributed by atoms with van der Waals surface area (Å²) in [5, 5.41) is 8.86. The number of nitrogens with zero attached hydrogens (tertiary/aromatic N) is 1. The molecular formula is C15H23NO2.